The van der Waals surface area contributed by atoms with Gasteiger partial charge in [-0.05, 0) is 31.6 Å². The molecule has 4 nitrogen and oxygen atoms in total. The van der Waals surface area contributed by atoms with Gasteiger partial charge in [0.15, 0.2) is 5.96 Å². The number of hydrogen-bond donors (Lipinski definition) is 2. The lowest BCUT2D eigenvalue weighted by Crippen LogP contribution is -2.49. The van der Waals surface area contributed by atoms with Crippen LogP contribution in [-0.2, 0) is 0 Å². The summed E-state index contributed by atoms with van der Waals surface area (Å²) < 4.78 is 36.6. The Bertz CT molecular complexity index is 384. The normalized spacial score (nSPS) is 22.6. The van der Waals surface area contributed by atoms with Gasteiger partial charge < -0.3 is 15.5 Å². The lowest BCUT2D eigenvalue weighted by molar-refractivity contribution is -0.132. The molecule has 2 aliphatic rings. The maximum atomic E-state index is 12.2. The highest BCUT2D eigenvalue weighted by atomic mass is 19.4. The fourth-order valence-corrected chi connectivity index (χ4v) is 3.71. The summed E-state index contributed by atoms with van der Waals surface area (Å²) in [6, 6.07) is 0.296. The van der Waals surface area contributed by atoms with Gasteiger partial charge in [-0.15, -0.1) is 0 Å². The third-order valence-electron chi connectivity index (χ3n) is 5.09. The number of aliphatic imine (C=N–C) groups is 1. The molecule has 24 heavy (non-hydrogen) atoms. The first-order chi connectivity index (χ1) is 11.5. The lowest BCUT2D eigenvalue weighted by atomic mass is 9.88. The van der Waals surface area contributed by atoms with Crippen LogP contribution in [0.1, 0.15) is 51.4 Å². The van der Waals surface area contributed by atoms with Gasteiger partial charge in [-0.1, -0.05) is 19.3 Å². The molecule has 0 aromatic carbocycles. The number of rotatable bonds is 5. The van der Waals surface area contributed by atoms with Gasteiger partial charge in [0, 0.05) is 39.3 Å². The molecule has 140 valence electrons. The van der Waals surface area contributed by atoms with Gasteiger partial charge in [0.25, 0.3) is 0 Å². The first-order valence-corrected chi connectivity index (χ1v) is 9.22. The Hall–Kier alpha value is -0.980. The number of hydrogen-bond acceptors (Lipinski definition) is 2. The second-order valence-electron chi connectivity index (χ2n) is 7.09. The zero-order valence-corrected chi connectivity index (χ0v) is 14.7. The Kier molecular flexibility index (Phi) is 7.65. The zero-order valence-electron chi connectivity index (χ0n) is 14.7. The van der Waals surface area contributed by atoms with Gasteiger partial charge in [0.05, 0.1) is 6.42 Å². The summed E-state index contributed by atoms with van der Waals surface area (Å²) >= 11 is 0. The summed E-state index contributed by atoms with van der Waals surface area (Å²) in [5, 5.41) is 6.02. The van der Waals surface area contributed by atoms with Gasteiger partial charge in [-0.2, -0.15) is 13.2 Å². The van der Waals surface area contributed by atoms with Gasteiger partial charge in [0.1, 0.15) is 0 Å². The lowest BCUT2D eigenvalue weighted by Gasteiger charge is -2.36. The monoisotopic (exact) mass is 348 g/mol. The van der Waals surface area contributed by atoms with E-state index in [-0.39, 0.29) is 6.54 Å². The van der Waals surface area contributed by atoms with Crippen molar-refractivity contribution in [2.45, 2.75) is 63.6 Å². The third-order valence-corrected chi connectivity index (χ3v) is 5.09. The summed E-state index contributed by atoms with van der Waals surface area (Å²) in [5.74, 6) is 1.34. The molecule has 0 unspecified atom stereocenters. The number of guanidine groups is 1. The fraction of sp³-hybridized carbons (Fsp3) is 0.941. The average molecular weight is 348 g/mol. The van der Waals surface area contributed by atoms with Crippen LogP contribution in [-0.4, -0.2) is 56.3 Å². The molecule has 1 aliphatic heterocycles. The van der Waals surface area contributed by atoms with E-state index in [0.29, 0.717) is 12.0 Å². The second-order valence-corrected chi connectivity index (χ2v) is 7.09. The van der Waals surface area contributed by atoms with E-state index in [1.54, 1.807) is 7.05 Å². The molecule has 0 aromatic rings. The number of halogens is 3. The minimum Gasteiger partial charge on any atom is -0.356 e. The summed E-state index contributed by atoms with van der Waals surface area (Å²) in [6.45, 7) is 3.20. The smallest absolute Gasteiger partial charge is 0.356 e. The molecule has 0 aromatic heterocycles. The quantitative estimate of drug-likeness (QED) is 0.592. The maximum absolute atomic E-state index is 12.2. The van der Waals surface area contributed by atoms with Crippen molar-refractivity contribution in [3.8, 4) is 0 Å². The molecule has 2 N–H and O–H groups in total. The number of nitrogens with one attached hydrogen (secondary N) is 2. The Morgan fingerprint density at radius 1 is 1.08 bits per heavy atom. The Morgan fingerprint density at radius 3 is 2.33 bits per heavy atom. The van der Waals surface area contributed by atoms with Crippen LogP contribution < -0.4 is 10.6 Å². The third kappa shape index (κ3) is 7.28. The molecule has 0 atom stereocenters. The van der Waals surface area contributed by atoms with Gasteiger partial charge in [0.2, 0.25) is 0 Å². The Labute approximate surface area is 143 Å². The van der Waals surface area contributed by atoms with Crippen LogP contribution in [0.4, 0.5) is 13.2 Å². The molecule has 0 bridgehead atoms. The highest BCUT2D eigenvalue weighted by Gasteiger charge is 2.27. The van der Waals surface area contributed by atoms with E-state index in [1.165, 1.54) is 38.6 Å². The van der Waals surface area contributed by atoms with E-state index in [4.69, 9.17) is 0 Å². The molecule has 0 amide bonds. The van der Waals surface area contributed by atoms with E-state index >= 15 is 0 Å². The van der Waals surface area contributed by atoms with Crippen LogP contribution >= 0.6 is 0 Å². The molecule has 2 fully saturated rings. The largest absolute Gasteiger partial charge is 0.390 e. The van der Waals surface area contributed by atoms with Crippen LogP contribution in [0.25, 0.3) is 0 Å². The van der Waals surface area contributed by atoms with Crippen LogP contribution in [0.15, 0.2) is 4.99 Å². The molecule has 2 rings (SSSR count). The van der Waals surface area contributed by atoms with Crippen molar-refractivity contribution in [1.82, 2.24) is 15.5 Å². The molecule has 0 radical (unpaired) electrons. The standard InChI is InChI=1S/C17H31F3N4/c1-21-16(22-10-9-17(18,19)20)23-15-7-11-24(12-8-15)13-14-5-3-2-4-6-14/h14-15H,2-13H2,1H3,(H2,21,22,23). The molecule has 1 saturated heterocycles. The number of likely N-dealkylation sites (tertiary alicyclic amines) is 1. The van der Waals surface area contributed by atoms with Crippen LogP contribution in [0.3, 0.4) is 0 Å². The molecular weight excluding hydrogens is 317 g/mol. The summed E-state index contributed by atoms with van der Waals surface area (Å²) in [6.07, 6.45) is 3.96. The van der Waals surface area contributed by atoms with E-state index in [2.05, 4.69) is 20.5 Å². The topological polar surface area (TPSA) is 39.7 Å². The minimum absolute atomic E-state index is 0.135. The second kappa shape index (κ2) is 9.49. The summed E-state index contributed by atoms with van der Waals surface area (Å²) in [4.78, 5) is 6.58. The highest BCUT2D eigenvalue weighted by Crippen LogP contribution is 2.25. The van der Waals surface area contributed by atoms with E-state index < -0.39 is 12.6 Å². The average Bonchev–Trinajstić information content (AvgIpc) is 2.55. The van der Waals surface area contributed by atoms with Crippen LogP contribution in [0, 0.1) is 5.92 Å². The van der Waals surface area contributed by atoms with Crippen molar-refractivity contribution in [3.05, 3.63) is 0 Å². The highest BCUT2D eigenvalue weighted by molar-refractivity contribution is 5.79. The Morgan fingerprint density at radius 2 is 1.75 bits per heavy atom. The molecule has 1 aliphatic carbocycles. The number of piperidine rings is 1. The number of alkyl halides is 3. The van der Waals surface area contributed by atoms with Gasteiger partial charge in [-0.3, -0.25) is 4.99 Å². The predicted octanol–water partition coefficient (Wildman–Crippen LogP) is 3.15. The molecule has 1 heterocycles. The first-order valence-electron chi connectivity index (χ1n) is 9.22. The molecule has 7 heteroatoms. The molecule has 0 spiro atoms. The van der Waals surface area contributed by atoms with E-state index in [0.717, 1.165) is 31.8 Å². The van der Waals surface area contributed by atoms with Gasteiger partial charge >= 0.3 is 6.18 Å². The SMILES string of the molecule is CN=C(NCCC(F)(F)F)NC1CCN(CC2CCCCC2)CC1. The zero-order chi connectivity index (χ0) is 17.4. The predicted molar refractivity (Wildman–Crippen MR) is 91.2 cm³/mol. The van der Waals surface area contributed by atoms with E-state index in [9.17, 15) is 13.2 Å². The van der Waals surface area contributed by atoms with Crippen molar-refractivity contribution in [2.24, 2.45) is 10.9 Å². The first kappa shape index (κ1) is 19.3. The van der Waals surface area contributed by atoms with Crippen molar-refractivity contribution in [1.29, 1.82) is 0 Å². The molecular formula is C17H31F3N4. The summed E-state index contributed by atoms with van der Waals surface area (Å²) in [5.41, 5.74) is 0. The Balaban J connectivity index is 1.64. The van der Waals surface area contributed by atoms with Crippen LogP contribution in [0.2, 0.25) is 0 Å². The minimum atomic E-state index is -4.13. The van der Waals surface area contributed by atoms with Crippen LogP contribution in [0.5, 0.6) is 0 Å². The summed E-state index contributed by atoms with van der Waals surface area (Å²) in [7, 11) is 1.60. The number of nitrogens with zero attached hydrogens (tertiary/aromatic N) is 2. The van der Waals surface area contributed by atoms with Crippen molar-refractivity contribution >= 4 is 5.96 Å². The van der Waals surface area contributed by atoms with Crippen molar-refractivity contribution in [3.63, 3.8) is 0 Å². The maximum Gasteiger partial charge on any atom is 0.390 e. The van der Waals surface area contributed by atoms with E-state index in [1.807, 2.05) is 0 Å². The van der Waals surface area contributed by atoms with Crippen molar-refractivity contribution in [2.75, 3.05) is 33.2 Å². The molecule has 1 saturated carbocycles. The van der Waals surface area contributed by atoms with Crippen molar-refractivity contribution < 1.29 is 13.2 Å². The fourth-order valence-electron chi connectivity index (χ4n) is 3.71. The van der Waals surface area contributed by atoms with Gasteiger partial charge in [-0.25, -0.2) is 0 Å².